The molecule has 0 aliphatic heterocycles. The van der Waals surface area contributed by atoms with Crippen LogP contribution in [0.3, 0.4) is 0 Å². The lowest BCUT2D eigenvalue weighted by Gasteiger charge is -2.03. The topological polar surface area (TPSA) is 69.4 Å². The van der Waals surface area contributed by atoms with Crippen molar-refractivity contribution in [3.8, 4) is 0 Å². The number of benzene rings is 1. The number of hydrogen-bond acceptors (Lipinski definition) is 5. The molecule has 0 spiro atoms. The molecule has 0 atom stereocenters. The summed E-state index contributed by atoms with van der Waals surface area (Å²) >= 11 is 4.02. The molecule has 0 unspecified atom stereocenters. The maximum absolute atomic E-state index is 11.3. The zero-order chi connectivity index (χ0) is 11.4. The first-order valence-corrected chi connectivity index (χ1v) is 4.65. The van der Waals surface area contributed by atoms with Crippen molar-refractivity contribution in [3.63, 3.8) is 0 Å². The van der Waals surface area contributed by atoms with Crippen molar-refractivity contribution < 1.29 is 14.5 Å². The number of nitro benzene ring substituents is 1. The van der Waals surface area contributed by atoms with E-state index in [9.17, 15) is 14.9 Å². The Labute approximate surface area is 91.6 Å². The summed E-state index contributed by atoms with van der Waals surface area (Å²) < 4.78 is 4.73. The van der Waals surface area contributed by atoms with E-state index in [1.54, 1.807) is 6.92 Å². The number of hydrogen-bond donors (Lipinski definition) is 1. The Morgan fingerprint density at radius 2 is 2.27 bits per heavy atom. The minimum Gasteiger partial charge on any atom is -0.462 e. The largest absolute Gasteiger partial charge is 0.462 e. The molecule has 1 rings (SSSR count). The summed E-state index contributed by atoms with van der Waals surface area (Å²) in [5.41, 5.74) is -0.0507. The summed E-state index contributed by atoms with van der Waals surface area (Å²) in [7, 11) is 0. The predicted molar refractivity (Wildman–Crippen MR) is 56.3 cm³/mol. The molecular formula is C9H9NO4S. The second-order valence-electron chi connectivity index (χ2n) is 2.68. The molecule has 0 aromatic heterocycles. The Bertz CT molecular complexity index is 405. The second kappa shape index (κ2) is 4.79. The summed E-state index contributed by atoms with van der Waals surface area (Å²) in [6.07, 6.45) is 0. The minimum absolute atomic E-state index is 0.106. The van der Waals surface area contributed by atoms with Gasteiger partial charge in [-0.05, 0) is 13.0 Å². The molecule has 0 aliphatic rings. The minimum atomic E-state index is -0.605. The van der Waals surface area contributed by atoms with Gasteiger partial charge in [-0.15, -0.1) is 12.6 Å². The lowest BCUT2D eigenvalue weighted by Crippen LogP contribution is -2.06. The Hall–Kier alpha value is -1.56. The summed E-state index contributed by atoms with van der Waals surface area (Å²) in [5, 5.41) is 10.5. The van der Waals surface area contributed by atoms with Crippen LogP contribution in [0.2, 0.25) is 0 Å². The van der Waals surface area contributed by atoms with E-state index in [-0.39, 0.29) is 17.9 Å². The Morgan fingerprint density at radius 1 is 1.60 bits per heavy atom. The number of esters is 1. The molecule has 0 aliphatic carbocycles. The van der Waals surface area contributed by atoms with Gasteiger partial charge in [0, 0.05) is 17.0 Å². The average molecular weight is 227 g/mol. The molecule has 0 N–H and O–H groups in total. The highest BCUT2D eigenvalue weighted by Crippen LogP contribution is 2.21. The van der Waals surface area contributed by atoms with Crippen LogP contribution in [0, 0.1) is 10.1 Å². The third-order valence-corrected chi connectivity index (χ3v) is 2.08. The fraction of sp³-hybridized carbons (Fsp3) is 0.222. The molecule has 0 amide bonds. The molecule has 1 aromatic rings. The van der Waals surface area contributed by atoms with Gasteiger partial charge in [0.15, 0.2) is 0 Å². The third-order valence-electron chi connectivity index (χ3n) is 1.69. The number of carbonyl (C=O) groups is 1. The summed E-state index contributed by atoms with van der Waals surface area (Å²) in [5.74, 6) is -0.605. The molecule has 15 heavy (non-hydrogen) atoms. The average Bonchev–Trinajstić information content (AvgIpc) is 2.18. The number of nitro groups is 1. The highest BCUT2D eigenvalue weighted by Gasteiger charge is 2.15. The molecule has 6 heteroatoms. The molecule has 80 valence electrons. The maximum atomic E-state index is 11.3. The van der Waals surface area contributed by atoms with Crippen LogP contribution >= 0.6 is 12.6 Å². The van der Waals surface area contributed by atoms with Crippen LogP contribution in [-0.4, -0.2) is 17.5 Å². The Balaban J connectivity index is 3.10. The molecular weight excluding hydrogens is 218 g/mol. The van der Waals surface area contributed by atoms with Crippen LogP contribution in [0.25, 0.3) is 0 Å². The standard InChI is InChI=1S/C9H9NO4S/c1-2-14-9(11)7-5-6(10(12)13)3-4-8(7)15/h3-5,15H,2H2,1H3. The zero-order valence-electron chi connectivity index (χ0n) is 7.97. The van der Waals surface area contributed by atoms with Gasteiger partial charge < -0.3 is 4.74 Å². The van der Waals surface area contributed by atoms with Gasteiger partial charge in [0.05, 0.1) is 17.1 Å². The van der Waals surface area contributed by atoms with E-state index in [0.717, 1.165) is 6.07 Å². The van der Waals surface area contributed by atoms with Gasteiger partial charge in [0.1, 0.15) is 0 Å². The predicted octanol–water partition coefficient (Wildman–Crippen LogP) is 2.06. The summed E-state index contributed by atoms with van der Waals surface area (Å²) in [6.45, 7) is 1.88. The van der Waals surface area contributed by atoms with Crippen LogP contribution in [0.5, 0.6) is 0 Å². The van der Waals surface area contributed by atoms with Crippen molar-refractivity contribution in [2.45, 2.75) is 11.8 Å². The lowest BCUT2D eigenvalue weighted by atomic mass is 10.2. The van der Waals surface area contributed by atoms with Crippen molar-refractivity contribution in [3.05, 3.63) is 33.9 Å². The van der Waals surface area contributed by atoms with E-state index in [1.807, 2.05) is 0 Å². The summed E-state index contributed by atoms with van der Waals surface area (Å²) in [6, 6.07) is 3.83. The number of non-ortho nitro benzene ring substituents is 1. The SMILES string of the molecule is CCOC(=O)c1cc([N+](=O)[O-])ccc1S. The smallest absolute Gasteiger partial charge is 0.339 e. The van der Waals surface area contributed by atoms with E-state index >= 15 is 0 Å². The van der Waals surface area contributed by atoms with Gasteiger partial charge in [0.25, 0.3) is 5.69 Å². The highest BCUT2D eigenvalue weighted by molar-refractivity contribution is 7.80. The lowest BCUT2D eigenvalue weighted by molar-refractivity contribution is -0.384. The van der Waals surface area contributed by atoms with Crippen LogP contribution in [0.4, 0.5) is 5.69 Å². The number of rotatable bonds is 3. The van der Waals surface area contributed by atoms with Gasteiger partial charge in [0.2, 0.25) is 0 Å². The summed E-state index contributed by atoms with van der Waals surface area (Å²) in [4.78, 5) is 21.6. The van der Waals surface area contributed by atoms with E-state index < -0.39 is 10.9 Å². The molecule has 0 heterocycles. The maximum Gasteiger partial charge on any atom is 0.339 e. The van der Waals surface area contributed by atoms with Crippen molar-refractivity contribution in [1.29, 1.82) is 0 Å². The molecule has 0 saturated heterocycles. The number of carbonyl (C=O) groups excluding carboxylic acids is 1. The second-order valence-corrected chi connectivity index (χ2v) is 3.16. The molecule has 1 aromatic carbocycles. The number of thiol groups is 1. The Kier molecular flexibility index (Phi) is 3.68. The van der Waals surface area contributed by atoms with Crippen LogP contribution in [-0.2, 0) is 4.74 Å². The van der Waals surface area contributed by atoms with Gasteiger partial charge >= 0.3 is 5.97 Å². The normalized spacial score (nSPS) is 9.73. The zero-order valence-corrected chi connectivity index (χ0v) is 8.86. The molecule has 0 bridgehead atoms. The molecule has 0 radical (unpaired) electrons. The van der Waals surface area contributed by atoms with Crippen molar-refractivity contribution in [1.82, 2.24) is 0 Å². The van der Waals surface area contributed by atoms with Gasteiger partial charge in [-0.3, -0.25) is 10.1 Å². The van der Waals surface area contributed by atoms with Crippen molar-refractivity contribution in [2.75, 3.05) is 6.61 Å². The first kappa shape index (κ1) is 11.5. The first-order chi connectivity index (χ1) is 7.06. The van der Waals surface area contributed by atoms with Crippen molar-refractivity contribution in [2.24, 2.45) is 0 Å². The van der Waals surface area contributed by atoms with Crippen LogP contribution in [0.15, 0.2) is 23.1 Å². The number of ether oxygens (including phenoxy) is 1. The van der Waals surface area contributed by atoms with E-state index in [2.05, 4.69) is 12.6 Å². The monoisotopic (exact) mass is 227 g/mol. The molecule has 0 saturated carbocycles. The molecule has 5 nitrogen and oxygen atoms in total. The van der Waals surface area contributed by atoms with Crippen molar-refractivity contribution >= 4 is 24.3 Å². The van der Waals surface area contributed by atoms with Gasteiger partial charge in [-0.2, -0.15) is 0 Å². The number of nitrogens with zero attached hydrogens (tertiary/aromatic N) is 1. The van der Waals surface area contributed by atoms with E-state index in [1.165, 1.54) is 12.1 Å². The first-order valence-electron chi connectivity index (χ1n) is 4.20. The van der Waals surface area contributed by atoms with E-state index in [4.69, 9.17) is 4.74 Å². The fourth-order valence-electron chi connectivity index (χ4n) is 1.01. The Morgan fingerprint density at radius 3 is 2.80 bits per heavy atom. The van der Waals surface area contributed by atoms with Crippen LogP contribution < -0.4 is 0 Å². The highest BCUT2D eigenvalue weighted by atomic mass is 32.1. The van der Waals surface area contributed by atoms with Crippen LogP contribution in [0.1, 0.15) is 17.3 Å². The molecule has 0 fully saturated rings. The van der Waals surface area contributed by atoms with E-state index in [0.29, 0.717) is 4.90 Å². The third kappa shape index (κ3) is 2.69. The quantitative estimate of drug-likeness (QED) is 0.371. The van der Waals surface area contributed by atoms with Gasteiger partial charge in [-0.1, -0.05) is 0 Å². The van der Waals surface area contributed by atoms with Gasteiger partial charge in [-0.25, -0.2) is 4.79 Å². The fourth-order valence-corrected chi connectivity index (χ4v) is 1.24.